The molecule has 1 fully saturated rings. The quantitative estimate of drug-likeness (QED) is 0.636. The van der Waals surface area contributed by atoms with Crippen LogP contribution in [0.25, 0.3) is 0 Å². The monoisotopic (exact) mass is 306 g/mol. The van der Waals surface area contributed by atoms with Gasteiger partial charge in [0.2, 0.25) is 10.0 Å². The van der Waals surface area contributed by atoms with Crippen LogP contribution in [0.3, 0.4) is 0 Å². The summed E-state index contributed by atoms with van der Waals surface area (Å²) in [5, 5.41) is 3.28. The number of nitrogens with one attached hydrogen (secondary N) is 2. The lowest BCUT2D eigenvalue weighted by molar-refractivity contribution is -0.0599. The van der Waals surface area contributed by atoms with Crippen LogP contribution in [0.5, 0.6) is 0 Å². The van der Waals surface area contributed by atoms with Crippen LogP contribution in [0.2, 0.25) is 0 Å². The molecule has 1 atom stereocenters. The Hall–Kier alpha value is -0.170. The van der Waals surface area contributed by atoms with Gasteiger partial charge in [-0.25, -0.2) is 13.1 Å². The SMILES string of the molecule is CCCNCCCCS(=O)(=O)NC1CCOC(C)(C)C1. The summed E-state index contributed by atoms with van der Waals surface area (Å²) in [7, 11) is -3.16. The summed E-state index contributed by atoms with van der Waals surface area (Å²) in [6.07, 6.45) is 4.23. The van der Waals surface area contributed by atoms with Gasteiger partial charge in [-0.1, -0.05) is 6.92 Å². The van der Waals surface area contributed by atoms with Gasteiger partial charge in [-0.2, -0.15) is 0 Å². The fraction of sp³-hybridized carbons (Fsp3) is 1.00. The average molecular weight is 306 g/mol. The second kappa shape index (κ2) is 8.32. The fourth-order valence-electron chi connectivity index (χ4n) is 2.49. The van der Waals surface area contributed by atoms with Crippen LogP contribution in [-0.2, 0) is 14.8 Å². The molecular formula is C14H30N2O3S. The third kappa shape index (κ3) is 7.57. The van der Waals surface area contributed by atoms with Crippen molar-refractivity contribution in [2.75, 3.05) is 25.4 Å². The van der Waals surface area contributed by atoms with E-state index in [4.69, 9.17) is 4.74 Å². The van der Waals surface area contributed by atoms with Crippen molar-refractivity contribution in [2.24, 2.45) is 0 Å². The Bertz CT molecular complexity index is 369. The molecule has 0 bridgehead atoms. The number of unbranched alkanes of at least 4 members (excludes halogenated alkanes) is 1. The minimum atomic E-state index is -3.16. The van der Waals surface area contributed by atoms with E-state index >= 15 is 0 Å². The van der Waals surface area contributed by atoms with Crippen molar-refractivity contribution in [3.8, 4) is 0 Å². The Morgan fingerprint density at radius 3 is 2.65 bits per heavy atom. The summed E-state index contributed by atoms with van der Waals surface area (Å²) in [6.45, 7) is 8.66. The van der Waals surface area contributed by atoms with E-state index in [0.29, 0.717) is 13.0 Å². The first-order chi connectivity index (χ1) is 9.35. The summed E-state index contributed by atoms with van der Waals surface area (Å²) in [6, 6.07) is 0.0157. The van der Waals surface area contributed by atoms with E-state index in [2.05, 4.69) is 17.0 Å². The molecule has 6 heteroatoms. The van der Waals surface area contributed by atoms with Gasteiger partial charge in [-0.3, -0.25) is 0 Å². The average Bonchev–Trinajstić information content (AvgIpc) is 2.31. The molecule has 0 saturated carbocycles. The molecule has 0 aliphatic carbocycles. The molecule has 2 N–H and O–H groups in total. The summed E-state index contributed by atoms with van der Waals surface area (Å²) in [4.78, 5) is 0. The van der Waals surface area contributed by atoms with Crippen molar-refractivity contribution in [1.29, 1.82) is 0 Å². The molecule has 0 spiro atoms. The van der Waals surface area contributed by atoms with Crippen LogP contribution in [0.15, 0.2) is 0 Å². The molecule has 120 valence electrons. The highest BCUT2D eigenvalue weighted by molar-refractivity contribution is 7.89. The lowest BCUT2D eigenvalue weighted by atomic mass is 9.95. The molecule has 1 rings (SSSR count). The van der Waals surface area contributed by atoms with Crippen molar-refractivity contribution in [3.05, 3.63) is 0 Å². The maximum atomic E-state index is 12.0. The molecule has 1 aliphatic heterocycles. The zero-order valence-electron chi connectivity index (χ0n) is 13.1. The van der Waals surface area contributed by atoms with E-state index in [1.165, 1.54) is 0 Å². The van der Waals surface area contributed by atoms with Crippen molar-refractivity contribution < 1.29 is 13.2 Å². The minimum absolute atomic E-state index is 0.0157. The van der Waals surface area contributed by atoms with Crippen molar-refractivity contribution in [2.45, 2.75) is 64.5 Å². The predicted octanol–water partition coefficient (Wildman–Crippen LogP) is 1.64. The molecule has 0 aromatic rings. The van der Waals surface area contributed by atoms with Crippen LogP contribution in [0.4, 0.5) is 0 Å². The van der Waals surface area contributed by atoms with Crippen LogP contribution >= 0.6 is 0 Å². The molecule has 0 aromatic heterocycles. The maximum absolute atomic E-state index is 12.0. The highest BCUT2D eigenvalue weighted by atomic mass is 32.2. The van der Waals surface area contributed by atoms with E-state index in [1.807, 2.05) is 13.8 Å². The van der Waals surface area contributed by atoms with Crippen LogP contribution in [-0.4, -0.2) is 45.5 Å². The Morgan fingerprint density at radius 2 is 2.00 bits per heavy atom. The second-order valence-electron chi connectivity index (χ2n) is 6.19. The van der Waals surface area contributed by atoms with Gasteiger partial charge in [-0.15, -0.1) is 0 Å². The number of rotatable bonds is 9. The second-order valence-corrected chi connectivity index (χ2v) is 8.07. The topological polar surface area (TPSA) is 67.4 Å². The van der Waals surface area contributed by atoms with Gasteiger partial charge in [-0.05, 0) is 59.0 Å². The number of sulfonamides is 1. The van der Waals surface area contributed by atoms with Gasteiger partial charge in [0.05, 0.1) is 11.4 Å². The molecule has 1 unspecified atom stereocenters. The highest BCUT2D eigenvalue weighted by Gasteiger charge is 2.30. The zero-order chi connectivity index (χ0) is 15.1. The summed E-state index contributed by atoms with van der Waals surface area (Å²) in [5.41, 5.74) is -0.227. The van der Waals surface area contributed by atoms with Gasteiger partial charge in [0.15, 0.2) is 0 Å². The highest BCUT2D eigenvalue weighted by Crippen LogP contribution is 2.24. The van der Waals surface area contributed by atoms with Gasteiger partial charge < -0.3 is 10.1 Å². The molecule has 0 radical (unpaired) electrons. The lowest BCUT2D eigenvalue weighted by Crippen LogP contribution is -2.46. The van der Waals surface area contributed by atoms with Crippen LogP contribution < -0.4 is 10.0 Å². The maximum Gasteiger partial charge on any atom is 0.211 e. The molecule has 20 heavy (non-hydrogen) atoms. The Morgan fingerprint density at radius 1 is 1.25 bits per heavy atom. The van der Waals surface area contributed by atoms with E-state index < -0.39 is 10.0 Å². The van der Waals surface area contributed by atoms with Gasteiger partial charge in [0, 0.05) is 12.6 Å². The molecule has 0 amide bonds. The van der Waals surface area contributed by atoms with Crippen LogP contribution in [0.1, 0.15) is 52.9 Å². The molecule has 0 aromatic carbocycles. The number of hydrogen-bond donors (Lipinski definition) is 2. The Balaban J connectivity index is 2.24. The lowest BCUT2D eigenvalue weighted by Gasteiger charge is -2.35. The number of ether oxygens (including phenoxy) is 1. The Labute approximate surface area is 123 Å². The van der Waals surface area contributed by atoms with Crippen molar-refractivity contribution >= 4 is 10.0 Å². The van der Waals surface area contributed by atoms with Crippen molar-refractivity contribution in [3.63, 3.8) is 0 Å². The smallest absolute Gasteiger partial charge is 0.211 e. The van der Waals surface area contributed by atoms with Crippen molar-refractivity contribution in [1.82, 2.24) is 10.0 Å². The molecule has 1 heterocycles. The van der Waals surface area contributed by atoms with E-state index in [1.54, 1.807) is 0 Å². The first-order valence-electron chi connectivity index (χ1n) is 7.69. The number of hydrogen-bond acceptors (Lipinski definition) is 4. The van der Waals surface area contributed by atoms with E-state index in [-0.39, 0.29) is 17.4 Å². The van der Waals surface area contributed by atoms with Gasteiger partial charge >= 0.3 is 0 Å². The normalized spacial score (nSPS) is 22.9. The molecule has 1 saturated heterocycles. The molecule has 1 aliphatic rings. The standard InChI is InChI=1S/C14H30N2O3S/c1-4-8-15-9-5-6-11-20(17,18)16-13-7-10-19-14(2,3)12-13/h13,15-16H,4-12H2,1-3H3. The summed E-state index contributed by atoms with van der Waals surface area (Å²) < 4.78 is 32.5. The summed E-state index contributed by atoms with van der Waals surface area (Å²) in [5.74, 6) is 0.221. The predicted molar refractivity (Wildman–Crippen MR) is 82.4 cm³/mol. The zero-order valence-corrected chi connectivity index (χ0v) is 13.9. The molecular weight excluding hydrogens is 276 g/mol. The van der Waals surface area contributed by atoms with Crippen LogP contribution in [0, 0.1) is 0 Å². The first kappa shape index (κ1) is 17.9. The Kier molecular flexibility index (Phi) is 7.43. The van der Waals surface area contributed by atoms with E-state index in [9.17, 15) is 8.42 Å². The minimum Gasteiger partial charge on any atom is -0.375 e. The largest absolute Gasteiger partial charge is 0.375 e. The third-order valence-electron chi connectivity index (χ3n) is 3.49. The first-order valence-corrected chi connectivity index (χ1v) is 9.34. The summed E-state index contributed by atoms with van der Waals surface area (Å²) >= 11 is 0. The fourth-order valence-corrected chi connectivity index (χ4v) is 3.90. The van der Waals surface area contributed by atoms with E-state index in [0.717, 1.165) is 38.8 Å². The van der Waals surface area contributed by atoms with Gasteiger partial charge in [0.25, 0.3) is 0 Å². The third-order valence-corrected chi connectivity index (χ3v) is 5.01. The molecule has 5 nitrogen and oxygen atoms in total. The van der Waals surface area contributed by atoms with Gasteiger partial charge in [0.1, 0.15) is 0 Å².